The monoisotopic (exact) mass is 353 g/mol. The summed E-state index contributed by atoms with van der Waals surface area (Å²) in [5, 5.41) is 13.9. The Labute approximate surface area is 150 Å². The zero-order valence-electron chi connectivity index (χ0n) is 14.1. The first-order chi connectivity index (χ1) is 12.1. The molecule has 2 heterocycles. The maximum absolute atomic E-state index is 12.1. The Morgan fingerprint density at radius 2 is 2.00 bits per heavy atom. The molecular formula is C18H19N5OS. The minimum Gasteiger partial charge on any atom is -0.369 e. The van der Waals surface area contributed by atoms with E-state index in [1.807, 2.05) is 0 Å². The number of hydrogen-bond donors (Lipinski definition) is 2. The largest absolute Gasteiger partial charge is 0.369 e. The molecule has 0 saturated carbocycles. The summed E-state index contributed by atoms with van der Waals surface area (Å²) in [6, 6.07) is 12.1. The number of aromatic nitrogens is 3. The highest BCUT2D eigenvalue weighted by Crippen LogP contribution is 2.17. The van der Waals surface area contributed by atoms with Crippen molar-refractivity contribution in [1.29, 1.82) is 0 Å². The van der Waals surface area contributed by atoms with E-state index < -0.39 is 0 Å². The predicted molar refractivity (Wildman–Crippen MR) is 100 cm³/mol. The van der Waals surface area contributed by atoms with Gasteiger partial charge in [0.25, 0.3) is 5.91 Å². The second kappa shape index (κ2) is 7.85. The van der Waals surface area contributed by atoms with Crippen LogP contribution in [0.5, 0.6) is 0 Å². The van der Waals surface area contributed by atoms with Gasteiger partial charge in [-0.1, -0.05) is 48.1 Å². The molecule has 3 aromatic rings. The number of rotatable bonds is 6. The molecule has 0 spiro atoms. The molecule has 1 unspecified atom stereocenters. The Hall–Kier alpha value is -2.80. The molecule has 2 N–H and O–H groups in total. The first-order valence-electron chi connectivity index (χ1n) is 7.96. The van der Waals surface area contributed by atoms with Gasteiger partial charge in [-0.25, -0.2) is 4.98 Å². The van der Waals surface area contributed by atoms with Crippen LogP contribution in [-0.4, -0.2) is 27.6 Å². The average Bonchev–Trinajstić information content (AvgIpc) is 3.13. The highest BCUT2D eigenvalue weighted by Gasteiger charge is 2.09. The Morgan fingerprint density at radius 1 is 1.20 bits per heavy atom. The van der Waals surface area contributed by atoms with Crippen molar-refractivity contribution in [3.63, 3.8) is 0 Å². The van der Waals surface area contributed by atoms with E-state index >= 15 is 0 Å². The number of aryl methyl sites for hydroxylation is 1. The molecule has 1 aromatic carbocycles. The molecule has 0 aliphatic heterocycles. The van der Waals surface area contributed by atoms with E-state index in [1.54, 1.807) is 23.8 Å². The molecule has 0 radical (unpaired) electrons. The number of nitrogens with one attached hydrogen (secondary N) is 2. The van der Waals surface area contributed by atoms with Gasteiger partial charge in [0.2, 0.25) is 5.13 Å². The summed E-state index contributed by atoms with van der Waals surface area (Å²) in [7, 11) is 0. The number of nitrogens with zero attached hydrogens (tertiary/aromatic N) is 3. The quantitative estimate of drug-likeness (QED) is 0.706. The molecule has 0 aliphatic carbocycles. The van der Waals surface area contributed by atoms with Crippen molar-refractivity contribution in [2.24, 2.45) is 0 Å². The van der Waals surface area contributed by atoms with Crippen molar-refractivity contribution >= 4 is 28.2 Å². The smallest absolute Gasteiger partial charge is 0.259 e. The Kier molecular flexibility index (Phi) is 5.35. The van der Waals surface area contributed by atoms with Gasteiger partial charge in [0.05, 0.1) is 5.56 Å². The van der Waals surface area contributed by atoms with Gasteiger partial charge >= 0.3 is 0 Å². The molecule has 0 aliphatic rings. The Balaban J connectivity index is 1.55. The van der Waals surface area contributed by atoms with Crippen molar-refractivity contribution in [2.45, 2.75) is 19.8 Å². The first-order valence-corrected chi connectivity index (χ1v) is 8.84. The van der Waals surface area contributed by atoms with Crippen molar-refractivity contribution in [3.05, 3.63) is 64.8 Å². The zero-order valence-corrected chi connectivity index (χ0v) is 14.9. The van der Waals surface area contributed by atoms with Gasteiger partial charge in [-0.15, -0.1) is 10.2 Å². The molecule has 0 saturated heterocycles. The summed E-state index contributed by atoms with van der Waals surface area (Å²) in [5.41, 5.74) is 4.59. The van der Waals surface area contributed by atoms with E-state index in [1.165, 1.54) is 22.5 Å². The molecule has 1 atom stereocenters. The van der Waals surface area contributed by atoms with E-state index in [0.29, 0.717) is 16.6 Å². The lowest BCUT2D eigenvalue weighted by molar-refractivity contribution is 0.102. The number of carbonyl (C=O) groups excluding carboxylic acids is 1. The molecule has 2 aromatic heterocycles. The third-order valence-electron chi connectivity index (χ3n) is 3.84. The lowest BCUT2D eigenvalue weighted by atomic mass is 10.00. The summed E-state index contributed by atoms with van der Waals surface area (Å²) < 4.78 is 0. The van der Waals surface area contributed by atoms with Crippen LogP contribution in [0.15, 0.2) is 48.1 Å². The third-order valence-corrected chi connectivity index (χ3v) is 4.45. The summed E-state index contributed by atoms with van der Waals surface area (Å²) in [5.74, 6) is 0.859. The molecule has 128 valence electrons. The number of carbonyl (C=O) groups is 1. The second-order valence-electron chi connectivity index (χ2n) is 5.82. The number of anilines is 2. The zero-order chi connectivity index (χ0) is 17.6. The second-order valence-corrected chi connectivity index (χ2v) is 6.66. The maximum Gasteiger partial charge on any atom is 0.259 e. The van der Waals surface area contributed by atoms with E-state index in [9.17, 15) is 4.79 Å². The van der Waals surface area contributed by atoms with Gasteiger partial charge in [0.15, 0.2) is 0 Å². The molecule has 0 fully saturated rings. The molecule has 3 rings (SSSR count). The minimum absolute atomic E-state index is 0.246. The number of amides is 1. The number of pyridine rings is 1. The van der Waals surface area contributed by atoms with Crippen LogP contribution in [0.25, 0.3) is 0 Å². The normalized spacial score (nSPS) is 11.8. The first kappa shape index (κ1) is 17.0. The molecule has 25 heavy (non-hydrogen) atoms. The lowest BCUT2D eigenvalue weighted by Gasteiger charge is -2.14. The number of benzene rings is 1. The summed E-state index contributed by atoms with van der Waals surface area (Å²) in [6.07, 6.45) is 1.55. The number of hydrogen-bond acceptors (Lipinski definition) is 6. The topological polar surface area (TPSA) is 79.8 Å². The van der Waals surface area contributed by atoms with Crippen molar-refractivity contribution in [2.75, 3.05) is 17.2 Å². The summed E-state index contributed by atoms with van der Waals surface area (Å²) in [6.45, 7) is 5.02. The van der Waals surface area contributed by atoms with Gasteiger partial charge < -0.3 is 5.32 Å². The van der Waals surface area contributed by atoms with Crippen molar-refractivity contribution < 1.29 is 4.79 Å². The molecule has 0 bridgehead atoms. The molecule has 6 nitrogen and oxygen atoms in total. The molecular weight excluding hydrogens is 334 g/mol. The van der Waals surface area contributed by atoms with Crippen LogP contribution in [0.3, 0.4) is 0 Å². The fourth-order valence-corrected chi connectivity index (χ4v) is 2.74. The van der Waals surface area contributed by atoms with Gasteiger partial charge in [-0.2, -0.15) is 0 Å². The van der Waals surface area contributed by atoms with Crippen LogP contribution >= 0.6 is 11.3 Å². The maximum atomic E-state index is 12.1. The fourth-order valence-electron chi connectivity index (χ4n) is 2.30. The van der Waals surface area contributed by atoms with E-state index in [0.717, 1.165) is 12.4 Å². The van der Waals surface area contributed by atoms with Gasteiger partial charge in [0, 0.05) is 12.7 Å². The van der Waals surface area contributed by atoms with E-state index in [2.05, 4.69) is 63.9 Å². The summed E-state index contributed by atoms with van der Waals surface area (Å²) in [4.78, 5) is 16.4. The van der Waals surface area contributed by atoms with Crippen LogP contribution in [-0.2, 0) is 0 Å². The van der Waals surface area contributed by atoms with E-state index in [4.69, 9.17) is 0 Å². The fraction of sp³-hybridized carbons (Fsp3) is 0.222. The standard InChI is InChI=1S/C18H19N5OS/c1-12-3-5-14(6-4-12)13(2)9-19-16-8-7-15(10-20-16)17(24)22-18-23-21-11-25-18/h3-8,10-11,13H,9H2,1-2H3,(H,19,20)(H,22,23,24). The van der Waals surface area contributed by atoms with Crippen LogP contribution in [0.2, 0.25) is 0 Å². The predicted octanol–water partition coefficient (Wildman–Crippen LogP) is 3.71. The van der Waals surface area contributed by atoms with Gasteiger partial charge in [0.1, 0.15) is 11.3 Å². The third kappa shape index (κ3) is 4.60. The van der Waals surface area contributed by atoms with Gasteiger partial charge in [-0.05, 0) is 30.5 Å². The summed E-state index contributed by atoms with van der Waals surface area (Å²) >= 11 is 1.27. The Bertz CT molecular complexity index is 816. The minimum atomic E-state index is -0.246. The lowest BCUT2D eigenvalue weighted by Crippen LogP contribution is -2.13. The highest BCUT2D eigenvalue weighted by molar-refractivity contribution is 7.13. The van der Waals surface area contributed by atoms with Crippen LogP contribution in [0.1, 0.15) is 34.3 Å². The van der Waals surface area contributed by atoms with Crippen LogP contribution < -0.4 is 10.6 Å². The Morgan fingerprint density at radius 3 is 2.64 bits per heavy atom. The molecule has 7 heteroatoms. The highest BCUT2D eigenvalue weighted by atomic mass is 32.1. The SMILES string of the molecule is Cc1ccc(C(C)CNc2ccc(C(=O)Nc3nncs3)cn2)cc1. The van der Waals surface area contributed by atoms with Crippen LogP contribution in [0.4, 0.5) is 10.9 Å². The van der Waals surface area contributed by atoms with Crippen molar-refractivity contribution in [1.82, 2.24) is 15.2 Å². The van der Waals surface area contributed by atoms with Crippen LogP contribution in [0, 0.1) is 6.92 Å². The van der Waals surface area contributed by atoms with E-state index in [-0.39, 0.29) is 5.91 Å². The average molecular weight is 353 g/mol. The molecule has 1 amide bonds. The van der Waals surface area contributed by atoms with Gasteiger partial charge in [-0.3, -0.25) is 10.1 Å². The van der Waals surface area contributed by atoms with Crippen molar-refractivity contribution in [3.8, 4) is 0 Å².